The fraction of sp³-hybridized carbons (Fsp3) is 0.538. The van der Waals surface area contributed by atoms with Crippen LogP contribution in [-0.2, 0) is 0 Å². The monoisotopic (exact) mass is 225 g/mol. The topological polar surface area (TPSA) is 23.5 Å². The van der Waals surface area contributed by atoms with Gasteiger partial charge in [0.2, 0.25) is 0 Å². The predicted octanol–water partition coefficient (Wildman–Crippen LogP) is 3.03. The fourth-order valence-corrected chi connectivity index (χ4v) is 1.60. The molecule has 0 fully saturated rings. The quantitative estimate of drug-likeness (QED) is 0.854. The zero-order valence-electron chi connectivity index (χ0n) is 10.6. The van der Waals surface area contributed by atoms with E-state index in [0.717, 1.165) is 5.69 Å². The SMILES string of the molecule is Cc1cc(N(C)C(C)C)c([C@@H](C)O)cc1F. The number of nitrogens with zero attached hydrogens (tertiary/aromatic N) is 1. The molecule has 0 amide bonds. The summed E-state index contributed by atoms with van der Waals surface area (Å²) >= 11 is 0. The smallest absolute Gasteiger partial charge is 0.126 e. The van der Waals surface area contributed by atoms with Gasteiger partial charge in [-0.3, -0.25) is 0 Å². The average Bonchev–Trinajstić information content (AvgIpc) is 2.19. The first-order valence-electron chi connectivity index (χ1n) is 5.55. The zero-order chi connectivity index (χ0) is 12.5. The van der Waals surface area contributed by atoms with Gasteiger partial charge in [-0.1, -0.05) is 0 Å². The van der Waals surface area contributed by atoms with Gasteiger partial charge in [-0.2, -0.15) is 0 Å². The van der Waals surface area contributed by atoms with Crippen LogP contribution in [-0.4, -0.2) is 18.2 Å². The number of rotatable bonds is 3. The summed E-state index contributed by atoms with van der Waals surface area (Å²) < 4.78 is 13.5. The molecule has 1 aromatic rings. The lowest BCUT2D eigenvalue weighted by Gasteiger charge is -2.28. The van der Waals surface area contributed by atoms with Gasteiger partial charge in [-0.05, 0) is 45.4 Å². The van der Waals surface area contributed by atoms with Gasteiger partial charge in [0.1, 0.15) is 5.82 Å². The maximum Gasteiger partial charge on any atom is 0.126 e. The molecule has 1 atom stereocenters. The van der Waals surface area contributed by atoms with E-state index in [4.69, 9.17) is 0 Å². The molecule has 1 aromatic carbocycles. The van der Waals surface area contributed by atoms with Crippen molar-refractivity contribution < 1.29 is 9.50 Å². The van der Waals surface area contributed by atoms with Crippen LogP contribution in [0.3, 0.4) is 0 Å². The van der Waals surface area contributed by atoms with Crippen LogP contribution in [0.4, 0.5) is 10.1 Å². The van der Waals surface area contributed by atoms with Crippen molar-refractivity contribution in [2.75, 3.05) is 11.9 Å². The Morgan fingerprint density at radius 1 is 1.25 bits per heavy atom. The summed E-state index contributed by atoms with van der Waals surface area (Å²) in [5, 5.41) is 9.66. The minimum Gasteiger partial charge on any atom is -0.389 e. The zero-order valence-corrected chi connectivity index (χ0v) is 10.6. The van der Waals surface area contributed by atoms with E-state index in [1.54, 1.807) is 19.9 Å². The van der Waals surface area contributed by atoms with Crippen LogP contribution in [0.1, 0.15) is 38.0 Å². The van der Waals surface area contributed by atoms with Gasteiger partial charge in [0, 0.05) is 24.3 Å². The van der Waals surface area contributed by atoms with E-state index in [1.165, 1.54) is 6.07 Å². The second-order valence-corrected chi connectivity index (χ2v) is 4.54. The standard InChI is InChI=1S/C13H20FNO/c1-8(2)15(5)13-6-9(3)12(14)7-11(13)10(4)16/h6-8,10,16H,1-5H3/t10-/m1/s1. The second-order valence-electron chi connectivity index (χ2n) is 4.54. The van der Waals surface area contributed by atoms with Crippen LogP contribution in [0.15, 0.2) is 12.1 Å². The first kappa shape index (κ1) is 13.0. The average molecular weight is 225 g/mol. The predicted molar refractivity (Wildman–Crippen MR) is 65.3 cm³/mol. The van der Waals surface area contributed by atoms with E-state index >= 15 is 0 Å². The first-order valence-corrected chi connectivity index (χ1v) is 5.55. The number of aliphatic hydroxyl groups is 1. The van der Waals surface area contributed by atoms with Crippen molar-refractivity contribution in [1.82, 2.24) is 0 Å². The van der Waals surface area contributed by atoms with Crippen LogP contribution in [0.5, 0.6) is 0 Å². The summed E-state index contributed by atoms with van der Waals surface area (Å²) in [6.45, 7) is 7.51. The molecular formula is C13H20FNO. The van der Waals surface area contributed by atoms with Crippen LogP contribution in [0.25, 0.3) is 0 Å². The Balaban J connectivity index is 3.30. The summed E-state index contributed by atoms with van der Waals surface area (Å²) in [5.41, 5.74) is 2.13. The van der Waals surface area contributed by atoms with Crippen molar-refractivity contribution in [1.29, 1.82) is 0 Å². The third kappa shape index (κ3) is 2.53. The molecule has 0 radical (unpaired) electrons. The highest BCUT2D eigenvalue weighted by Crippen LogP contribution is 2.29. The third-order valence-electron chi connectivity index (χ3n) is 2.91. The molecule has 3 heteroatoms. The molecule has 0 aliphatic heterocycles. The summed E-state index contributed by atoms with van der Waals surface area (Å²) in [6, 6.07) is 3.52. The minimum atomic E-state index is -0.661. The molecule has 1 N–H and O–H groups in total. The van der Waals surface area contributed by atoms with Crippen molar-refractivity contribution in [3.05, 3.63) is 29.1 Å². The molecule has 0 saturated heterocycles. The minimum absolute atomic E-state index is 0.267. The lowest BCUT2D eigenvalue weighted by molar-refractivity contribution is 0.199. The third-order valence-corrected chi connectivity index (χ3v) is 2.91. The van der Waals surface area contributed by atoms with Crippen LogP contribution < -0.4 is 4.90 Å². The summed E-state index contributed by atoms with van der Waals surface area (Å²) in [6.07, 6.45) is -0.661. The van der Waals surface area contributed by atoms with Crippen molar-refractivity contribution in [2.24, 2.45) is 0 Å². The maximum absolute atomic E-state index is 13.5. The highest BCUT2D eigenvalue weighted by atomic mass is 19.1. The van der Waals surface area contributed by atoms with Gasteiger partial charge in [-0.15, -0.1) is 0 Å². The Bertz CT molecular complexity index is 374. The molecule has 16 heavy (non-hydrogen) atoms. The fourth-order valence-electron chi connectivity index (χ4n) is 1.60. The van der Waals surface area contributed by atoms with Gasteiger partial charge in [-0.25, -0.2) is 4.39 Å². The highest BCUT2D eigenvalue weighted by Gasteiger charge is 2.16. The van der Waals surface area contributed by atoms with E-state index in [-0.39, 0.29) is 5.82 Å². The number of aliphatic hydroxyl groups excluding tert-OH is 1. The first-order chi connectivity index (χ1) is 7.34. The van der Waals surface area contributed by atoms with Gasteiger partial charge in [0.25, 0.3) is 0 Å². The number of halogens is 1. The molecular weight excluding hydrogens is 205 g/mol. The maximum atomic E-state index is 13.5. The Morgan fingerprint density at radius 3 is 2.25 bits per heavy atom. The number of hydrogen-bond acceptors (Lipinski definition) is 2. The van der Waals surface area contributed by atoms with Gasteiger partial charge >= 0.3 is 0 Å². The van der Waals surface area contributed by atoms with E-state index in [9.17, 15) is 9.50 Å². The normalized spacial score (nSPS) is 13.0. The Morgan fingerprint density at radius 2 is 1.81 bits per heavy atom. The molecule has 0 aliphatic rings. The summed E-state index contributed by atoms with van der Waals surface area (Å²) in [4.78, 5) is 2.04. The van der Waals surface area contributed by atoms with E-state index in [1.807, 2.05) is 11.9 Å². The van der Waals surface area contributed by atoms with Crippen molar-refractivity contribution >= 4 is 5.69 Å². The Hall–Kier alpha value is -1.09. The summed E-state index contributed by atoms with van der Waals surface area (Å²) in [5.74, 6) is -0.267. The molecule has 0 aliphatic carbocycles. The molecule has 0 unspecified atom stereocenters. The van der Waals surface area contributed by atoms with Crippen LogP contribution >= 0.6 is 0 Å². The number of benzene rings is 1. The molecule has 90 valence electrons. The van der Waals surface area contributed by atoms with Crippen LogP contribution in [0.2, 0.25) is 0 Å². The molecule has 0 heterocycles. The lowest BCUT2D eigenvalue weighted by Crippen LogP contribution is -2.27. The van der Waals surface area contributed by atoms with E-state index in [2.05, 4.69) is 13.8 Å². The molecule has 1 rings (SSSR count). The number of hydrogen-bond donors (Lipinski definition) is 1. The Kier molecular flexibility index (Phi) is 3.92. The van der Waals surface area contributed by atoms with Gasteiger partial charge < -0.3 is 10.0 Å². The molecule has 0 spiro atoms. The van der Waals surface area contributed by atoms with Gasteiger partial charge in [0.15, 0.2) is 0 Å². The van der Waals surface area contributed by atoms with Crippen molar-refractivity contribution in [3.63, 3.8) is 0 Å². The van der Waals surface area contributed by atoms with Crippen molar-refractivity contribution in [2.45, 2.75) is 39.8 Å². The molecule has 0 aromatic heterocycles. The van der Waals surface area contributed by atoms with E-state index in [0.29, 0.717) is 17.2 Å². The number of anilines is 1. The lowest BCUT2D eigenvalue weighted by atomic mass is 10.0. The Labute approximate surface area is 96.7 Å². The van der Waals surface area contributed by atoms with Gasteiger partial charge in [0.05, 0.1) is 6.10 Å². The highest BCUT2D eigenvalue weighted by molar-refractivity contribution is 5.56. The number of aryl methyl sites for hydroxylation is 1. The molecule has 0 bridgehead atoms. The molecule has 0 saturated carbocycles. The largest absolute Gasteiger partial charge is 0.389 e. The second kappa shape index (κ2) is 4.83. The summed E-state index contributed by atoms with van der Waals surface area (Å²) in [7, 11) is 1.95. The molecule has 2 nitrogen and oxygen atoms in total. The van der Waals surface area contributed by atoms with Crippen molar-refractivity contribution in [3.8, 4) is 0 Å². The van der Waals surface area contributed by atoms with Crippen LogP contribution in [0, 0.1) is 12.7 Å². The van der Waals surface area contributed by atoms with E-state index < -0.39 is 6.10 Å².